The van der Waals surface area contributed by atoms with Gasteiger partial charge < -0.3 is 30.4 Å². The fourth-order valence-corrected chi connectivity index (χ4v) is 4.17. The lowest BCUT2D eigenvalue weighted by atomic mass is 9.93. The molecule has 1 saturated carbocycles. The van der Waals surface area contributed by atoms with Crippen LogP contribution >= 0.6 is 0 Å². The van der Waals surface area contributed by atoms with Crippen LogP contribution in [0, 0.1) is 6.92 Å². The van der Waals surface area contributed by atoms with E-state index in [2.05, 4.69) is 20.3 Å². The number of carboxylic acids is 1. The fourth-order valence-electron chi connectivity index (χ4n) is 4.17. The highest BCUT2D eigenvalue weighted by atomic mass is 16.5. The number of hydrogen-bond acceptors (Lipinski definition) is 9. The van der Waals surface area contributed by atoms with Crippen LogP contribution in [-0.2, 0) is 0 Å². The molecule has 3 aromatic rings. The second-order valence-corrected chi connectivity index (χ2v) is 7.95. The van der Waals surface area contributed by atoms with Gasteiger partial charge in [0.15, 0.2) is 0 Å². The molecule has 10 heteroatoms. The van der Waals surface area contributed by atoms with Gasteiger partial charge in [0, 0.05) is 6.04 Å². The number of methoxy groups -OCH3 is 2. The third-order valence-corrected chi connectivity index (χ3v) is 5.81. The van der Waals surface area contributed by atoms with Gasteiger partial charge in [0.25, 0.3) is 0 Å². The van der Waals surface area contributed by atoms with Gasteiger partial charge >= 0.3 is 5.97 Å². The number of nitrogens with two attached hydrogens (primary N) is 1. The number of ether oxygens (including phenoxy) is 3. The molecule has 174 valence electrons. The highest BCUT2D eigenvalue weighted by Crippen LogP contribution is 2.35. The van der Waals surface area contributed by atoms with Crippen molar-refractivity contribution < 1.29 is 24.1 Å². The van der Waals surface area contributed by atoms with Crippen LogP contribution in [0.1, 0.15) is 41.7 Å². The number of pyridine rings is 1. The molecule has 0 atom stereocenters. The van der Waals surface area contributed by atoms with Crippen molar-refractivity contribution in [2.45, 2.75) is 44.8 Å². The number of aryl methyl sites for hydroxylation is 1. The number of carboxylic acid groups (broad SMARTS) is 1. The summed E-state index contributed by atoms with van der Waals surface area (Å²) in [5, 5.41) is 13.4. The number of nitrogen functional groups attached to an aromatic ring is 1. The van der Waals surface area contributed by atoms with Gasteiger partial charge in [0.2, 0.25) is 17.7 Å². The summed E-state index contributed by atoms with van der Waals surface area (Å²) in [5.41, 5.74) is 7.43. The molecule has 0 spiro atoms. The molecule has 10 nitrogen and oxygen atoms in total. The number of nitrogens with zero attached hydrogens (tertiary/aromatic N) is 3. The maximum atomic E-state index is 11.7. The van der Waals surface area contributed by atoms with Crippen LogP contribution in [0.3, 0.4) is 0 Å². The van der Waals surface area contributed by atoms with E-state index in [9.17, 15) is 9.90 Å². The van der Waals surface area contributed by atoms with Crippen LogP contribution in [0.2, 0.25) is 0 Å². The molecule has 0 saturated heterocycles. The van der Waals surface area contributed by atoms with Gasteiger partial charge in [-0.15, -0.1) is 0 Å². The van der Waals surface area contributed by atoms with E-state index in [1.807, 2.05) is 12.1 Å². The number of carbonyl (C=O) groups is 1. The normalized spacial score (nSPS) is 18.0. The number of anilines is 2. The summed E-state index contributed by atoms with van der Waals surface area (Å²) in [6.07, 6.45) is 3.29. The van der Waals surface area contributed by atoms with Gasteiger partial charge in [-0.2, -0.15) is 9.97 Å². The number of benzene rings is 1. The van der Waals surface area contributed by atoms with Gasteiger partial charge in [-0.05, 0) is 44.7 Å². The molecule has 4 rings (SSSR count). The molecule has 1 aliphatic rings. The average Bonchev–Trinajstić information content (AvgIpc) is 2.79. The van der Waals surface area contributed by atoms with Crippen molar-refractivity contribution in [1.82, 2.24) is 15.0 Å². The molecule has 2 aromatic heterocycles. The van der Waals surface area contributed by atoms with E-state index in [1.165, 1.54) is 0 Å². The van der Waals surface area contributed by atoms with Crippen molar-refractivity contribution in [3.05, 3.63) is 35.5 Å². The Bertz CT molecular complexity index is 1160. The van der Waals surface area contributed by atoms with Crippen LogP contribution in [0.4, 0.5) is 11.6 Å². The minimum absolute atomic E-state index is 0.0141. The molecule has 0 aliphatic heterocycles. The number of aromatic carboxylic acids is 1. The van der Waals surface area contributed by atoms with Gasteiger partial charge in [-0.25, -0.2) is 4.79 Å². The zero-order chi connectivity index (χ0) is 23.5. The second-order valence-electron chi connectivity index (χ2n) is 7.95. The summed E-state index contributed by atoms with van der Waals surface area (Å²) < 4.78 is 16.7. The molecule has 33 heavy (non-hydrogen) atoms. The third-order valence-electron chi connectivity index (χ3n) is 5.81. The third kappa shape index (κ3) is 4.69. The highest BCUT2D eigenvalue weighted by molar-refractivity contribution is 6.06. The molecular weight excluding hydrogens is 426 g/mol. The lowest BCUT2D eigenvalue weighted by Crippen LogP contribution is -2.31. The fraction of sp³-hybridized carbons (Fsp3) is 0.391. The Morgan fingerprint density at radius 1 is 1.09 bits per heavy atom. The number of aromatic nitrogens is 3. The highest BCUT2D eigenvalue weighted by Gasteiger charge is 2.25. The number of rotatable bonds is 7. The molecule has 0 bridgehead atoms. The SMILES string of the molecule is COc1cc(OC)nc(N[C@H]2CC[C@H](Oc3cccc4nc(C)c(C(=O)O)c(N)c34)CC2)n1. The zero-order valence-electron chi connectivity index (χ0n) is 18.8. The molecule has 4 N–H and O–H groups in total. The monoisotopic (exact) mass is 453 g/mol. The Morgan fingerprint density at radius 2 is 1.76 bits per heavy atom. The molecule has 0 unspecified atom stereocenters. The van der Waals surface area contributed by atoms with Gasteiger partial charge in [0.1, 0.15) is 11.3 Å². The van der Waals surface area contributed by atoms with Crippen LogP contribution < -0.4 is 25.3 Å². The lowest BCUT2D eigenvalue weighted by Gasteiger charge is -2.30. The average molecular weight is 453 g/mol. The Morgan fingerprint density at radius 3 is 2.36 bits per heavy atom. The summed E-state index contributed by atoms with van der Waals surface area (Å²) >= 11 is 0. The van der Waals surface area contributed by atoms with Crippen molar-refractivity contribution in [3.8, 4) is 17.5 Å². The number of nitrogens with one attached hydrogen (secondary N) is 1. The van der Waals surface area contributed by atoms with Gasteiger partial charge in [-0.3, -0.25) is 4.98 Å². The number of hydrogen-bond donors (Lipinski definition) is 3. The minimum atomic E-state index is -1.10. The Hall–Kier alpha value is -3.82. The Balaban J connectivity index is 1.46. The first kappa shape index (κ1) is 22.4. The summed E-state index contributed by atoms with van der Waals surface area (Å²) in [5.74, 6) is 0.772. The van der Waals surface area contributed by atoms with Crippen LogP contribution in [0.25, 0.3) is 10.9 Å². The second kappa shape index (κ2) is 9.35. The Kier molecular flexibility index (Phi) is 6.34. The van der Waals surface area contributed by atoms with Crippen LogP contribution in [0.5, 0.6) is 17.5 Å². The van der Waals surface area contributed by atoms with Gasteiger partial charge in [0.05, 0.1) is 48.7 Å². The number of fused-ring (bicyclic) bond motifs is 1. The van der Waals surface area contributed by atoms with Crippen LogP contribution in [0.15, 0.2) is 24.3 Å². The first-order valence-electron chi connectivity index (χ1n) is 10.7. The maximum absolute atomic E-state index is 11.7. The van der Waals surface area contributed by atoms with Crippen molar-refractivity contribution in [2.24, 2.45) is 0 Å². The summed E-state index contributed by atoms with van der Waals surface area (Å²) in [4.78, 5) is 24.7. The summed E-state index contributed by atoms with van der Waals surface area (Å²) in [6.45, 7) is 1.64. The molecule has 0 radical (unpaired) electrons. The molecular formula is C23H27N5O5. The van der Waals surface area contributed by atoms with Gasteiger partial charge in [-0.1, -0.05) is 6.07 Å². The van der Waals surface area contributed by atoms with Crippen LogP contribution in [-0.4, -0.2) is 52.4 Å². The summed E-state index contributed by atoms with van der Waals surface area (Å²) in [7, 11) is 3.09. The van der Waals surface area contributed by atoms with E-state index in [0.29, 0.717) is 40.1 Å². The van der Waals surface area contributed by atoms with E-state index in [4.69, 9.17) is 19.9 Å². The largest absolute Gasteiger partial charge is 0.490 e. The van der Waals surface area contributed by atoms with E-state index < -0.39 is 5.97 Å². The predicted molar refractivity (Wildman–Crippen MR) is 123 cm³/mol. The zero-order valence-corrected chi connectivity index (χ0v) is 18.8. The first-order chi connectivity index (χ1) is 15.9. The molecule has 2 heterocycles. The van der Waals surface area contributed by atoms with Crippen molar-refractivity contribution in [3.63, 3.8) is 0 Å². The predicted octanol–water partition coefficient (Wildman–Crippen LogP) is 3.43. The van der Waals surface area contributed by atoms with E-state index >= 15 is 0 Å². The van der Waals surface area contributed by atoms with E-state index in [-0.39, 0.29) is 23.4 Å². The molecule has 1 fully saturated rings. The molecule has 1 aliphatic carbocycles. The van der Waals surface area contributed by atoms with Crippen molar-refractivity contribution in [1.29, 1.82) is 0 Å². The van der Waals surface area contributed by atoms with E-state index in [1.54, 1.807) is 33.3 Å². The lowest BCUT2D eigenvalue weighted by molar-refractivity contribution is 0.0697. The van der Waals surface area contributed by atoms with Crippen molar-refractivity contribution in [2.75, 3.05) is 25.3 Å². The topological polar surface area (TPSA) is 142 Å². The minimum Gasteiger partial charge on any atom is -0.490 e. The summed E-state index contributed by atoms with van der Waals surface area (Å²) in [6, 6.07) is 7.26. The standard InChI is InChI=1S/C23H27N5O5/c1-12-19(22(29)30)21(24)20-15(25-12)5-4-6-16(20)33-14-9-7-13(8-10-14)26-23-27-17(31-2)11-18(28-23)32-3/h4-6,11,13-14H,7-10H2,1-3H3,(H2,24,25)(H,29,30)(H,26,27,28)/t13-,14-. The van der Waals surface area contributed by atoms with Crippen molar-refractivity contribution >= 4 is 28.5 Å². The molecule has 1 aromatic carbocycles. The molecule has 0 amide bonds. The van der Waals surface area contributed by atoms with E-state index in [0.717, 1.165) is 25.7 Å². The smallest absolute Gasteiger partial charge is 0.339 e. The Labute approximate surface area is 191 Å². The maximum Gasteiger partial charge on any atom is 0.339 e. The quantitative estimate of drug-likeness (QED) is 0.487. The first-order valence-corrected chi connectivity index (χ1v) is 10.7.